The van der Waals surface area contributed by atoms with Gasteiger partial charge in [0.2, 0.25) is 0 Å². The predicted octanol–water partition coefficient (Wildman–Crippen LogP) is 4.59. The van der Waals surface area contributed by atoms with Crippen molar-refractivity contribution >= 4 is 44.8 Å². The summed E-state index contributed by atoms with van der Waals surface area (Å²) in [6.07, 6.45) is 2.18. The van der Waals surface area contributed by atoms with Gasteiger partial charge in [0.15, 0.2) is 9.84 Å². The van der Waals surface area contributed by atoms with Gasteiger partial charge >= 0.3 is 0 Å². The Labute approximate surface area is 197 Å². The minimum atomic E-state index is -3.52. The molecule has 2 fully saturated rings. The summed E-state index contributed by atoms with van der Waals surface area (Å²) in [4.78, 5) is 21.4. The molecular formula is C22H24Cl2FN3O3S. The molecule has 0 spiro atoms. The van der Waals surface area contributed by atoms with E-state index in [9.17, 15) is 17.6 Å². The van der Waals surface area contributed by atoms with Gasteiger partial charge < -0.3 is 9.80 Å². The highest BCUT2D eigenvalue weighted by Crippen LogP contribution is 2.37. The van der Waals surface area contributed by atoms with Gasteiger partial charge in [-0.3, -0.25) is 4.79 Å². The van der Waals surface area contributed by atoms with Crippen molar-refractivity contribution in [2.45, 2.75) is 55.3 Å². The van der Waals surface area contributed by atoms with E-state index >= 15 is 0 Å². The highest BCUT2D eigenvalue weighted by atomic mass is 35.5. The molecule has 1 aromatic heterocycles. The van der Waals surface area contributed by atoms with Crippen LogP contribution in [0.25, 0.3) is 0 Å². The Morgan fingerprint density at radius 1 is 1.19 bits per heavy atom. The van der Waals surface area contributed by atoms with Gasteiger partial charge in [0.05, 0.1) is 20.7 Å². The topological polar surface area (TPSA) is 70.6 Å². The summed E-state index contributed by atoms with van der Waals surface area (Å²) in [6.45, 7) is 4.38. The van der Waals surface area contributed by atoms with Crippen LogP contribution >= 0.6 is 23.2 Å². The van der Waals surface area contributed by atoms with Crippen LogP contribution in [0.5, 0.6) is 0 Å². The highest BCUT2D eigenvalue weighted by Gasteiger charge is 2.43. The molecule has 4 rings (SSSR count). The van der Waals surface area contributed by atoms with E-state index in [1.54, 1.807) is 17.9 Å². The number of benzene rings is 1. The molecule has 0 aliphatic carbocycles. The number of pyridine rings is 1. The largest absolute Gasteiger partial charge is 0.347 e. The number of aromatic nitrogens is 1. The van der Waals surface area contributed by atoms with Crippen LogP contribution in [0, 0.1) is 5.82 Å². The Hall–Kier alpha value is -1.90. The molecule has 0 radical (unpaired) electrons. The van der Waals surface area contributed by atoms with Crippen LogP contribution in [0.1, 0.15) is 43.5 Å². The maximum atomic E-state index is 13.4. The van der Waals surface area contributed by atoms with Crippen molar-refractivity contribution in [2.24, 2.45) is 0 Å². The Bertz CT molecular complexity index is 1150. The molecule has 2 aliphatic heterocycles. The lowest BCUT2D eigenvalue weighted by Crippen LogP contribution is -2.55. The van der Waals surface area contributed by atoms with Crippen molar-refractivity contribution in [1.29, 1.82) is 0 Å². The molecule has 2 saturated heterocycles. The van der Waals surface area contributed by atoms with E-state index in [1.165, 1.54) is 18.2 Å². The average Bonchev–Trinajstić information content (AvgIpc) is 3.01. The fraction of sp³-hybridized carbons (Fsp3) is 0.455. The Morgan fingerprint density at radius 2 is 1.84 bits per heavy atom. The lowest BCUT2D eigenvalue weighted by Gasteiger charge is -2.42. The minimum absolute atomic E-state index is 0.0259. The average molecular weight is 500 g/mol. The zero-order valence-corrected chi connectivity index (χ0v) is 20.1. The molecule has 3 heterocycles. The van der Waals surface area contributed by atoms with Gasteiger partial charge in [-0.25, -0.2) is 17.8 Å². The van der Waals surface area contributed by atoms with Gasteiger partial charge in [-0.05, 0) is 56.5 Å². The zero-order chi connectivity index (χ0) is 23.2. The summed E-state index contributed by atoms with van der Waals surface area (Å²) in [5.41, 5.74) is 0.267. The number of carbonyl (C=O) groups is 1. The highest BCUT2D eigenvalue weighted by molar-refractivity contribution is 7.92. The maximum absolute atomic E-state index is 13.4. The van der Waals surface area contributed by atoms with Crippen molar-refractivity contribution in [3.05, 3.63) is 51.9 Å². The number of nitrogens with zero attached hydrogens (tertiary/aromatic N) is 3. The second-order valence-electron chi connectivity index (χ2n) is 8.37. The van der Waals surface area contributed by atoms with Crippen LogP contribution in [0.15, 0.2) is 35.2 Å². The van der Waals surface area contributed by atoms with Crippen molar-refractivity contribution in [1.82, 2.24) is 9.88 Å². The first kappa shape index (κ1) is 23.3. The first-order chi connectivity index (χ1) is 15.1. The van der Waals surface area contributed by atoms with Crippen LogP contribution in [0.4, 0.5) is 10.2 Å². The molecule has 0 N–H and O–H groups in total. The van der Waals surface area contributed by atoms with Crippen molar-refractivity contribution < 1.29 is 17.6 Å². The molecule has 2 bridgehead atoms. The number of anilines is 1. The number of rotatable bonds is 5. The van der Waals surface area contributed by atoms with Crippen molar-refractivity contribution in [3.63, 3.8) is 0 Å². The Morgan fingerprint density at radius 3 is 2.44 bits per heavy atom. The quantitative estimate of drug-likeness (QED) is 0.562. The first-order valence-corrected chi connectivity index (χ1v) is 12.9. The molecule has 6 nitrogen and oxygen atoms in total. The van der Waals surface area contributed by atoms with Crippen molar-refractivity contribution in [3.8, 4) is 0 Å². The Kier molecular flexibility index (Phi) is 6.40. The molecule has 10 heteroatoms. The third-order valence-electron chi connectivity index (χ3n) is 6.38. The molecular weight excluding hydrogens is 476 g/mol. The Balaban J connectivity index is 1.60. The second-order valence-corrected chi connectivity index (χ2v) is 11.5. The smallest absolute Gasteiger partial charge is 0.255 e. The zero-order valence-electron chi connectivity index (χ0n) is 17.8. The molecule has 2 aromatic rings. The number of piperazine rings is 1. The van der Waals surface area contributed by atoms with Gasteiger partial charge in [-0.15, -0.1) is 0 Å². The summed E-state index contributed by atoms with van der Waals surface area (Å²) in [6, 6.07) is 6.69. The molecule has 1 amide bonds. The minimum Gasteiger partial charge on any atom is -0.347 e. The van der Waals surface area contributed by atoms with Crippen LogP contribution in [-0.2, 0) is 9.84 Å². The van der Waals surface area contributed by atoms with Gasteiger partial charge in [-0.2, -0.15) is 0 Å². The lowest BCUT2D eigenvalue weighted by atomic mass is 10.1. The van der Waals surface area contributed by atoms with E-state index in [0.29, 0.717) is 25.3 Å². The lowest BCUT2D eigenvalue weighted by molar-refractivity contribution is 0.0717. The normalized spacial score (nSPS) is 21.7. The van der Waals surface area contributed by atoms with Gasteiger partial charge in [0, 0.05) is 25.2 Å². The number of carbonyl (C=O) groups excluding carboxylic acids is 1. The van der Waals surface area contributed by atoms with Gasteiger partial charge in [0.1, 0.15) is 16.8 Å². The summed E-state index contributed by atoms with van der Waals surface area (Å²) in [5, 5.41) is -0.318. The SMILES string of the molecule is CCC(C)S(=O)(=O)c1cc(Cl)nc(N2C3CCC2CN(C(=O)c2ccc(F)cc2Cl)C3)c1. The first-order valence-electron chi connectivity index (χ1n) is 10.6. The number of likely N-dealkylation sites (tertiary alicyclic amines) is 1. The van der Waals surface area contributed by atoms with Crippen molar-refractivity contribution in [2.75, 3.05) is 18.0 Å². The number of hydrogen-bond acceptors (Lipinski definition) is 5. The molecule has 0 saturated carbocycles. The number of halogens is 3. The van der Waals surface area contributed by atoms with Crippen LogP contribution < -0.4 is 4.90 Å². The summed E-state index contributed by atoms with van der Waals surface area (Å²) >= 11 is 12.3. The molecule has 32 heavy (non-hydrogen) atoms. The number of fused-ring (bicyclic) bond motifs is 2. The molecule has 2 aliphatic rings. The van der Waals surface area contributed by atoms with Crippen LogP contribution in [0.3, 0.4) is 0 Å². The molecule has 1 aromatic carbocycles. The van der Waals surface area contributed by atoms with E-state index in [-0.39, 0.29) is 38.6 Å². The predicted molar refractivity (Wildman–Crippen MR) is 123 cm³/mol. The molecule has 3 atom stereocenters. The number of hydrogen-bond donors (Lipinski definition) is 0. The summed E-state index contributed by atoms with van der Waals surface area (Å²) in [5.74, 6) is -0.226. The maximum Gasteiger partial charge on any atom is 0.255 e. The van der Waals surface area contributed by atoms with E-state index in [0.717, 1.165) is 18.9 Å². The molecule has 172 valence electrons. The summed E-state index contributed by atoms with van der Waals surface area (Å²) < 4.78 is 39.1. The fourth-order valence-corrected chi connectivity index (χ4v) is 6.45. The van der Waals surface area contributed by atoms with Crippen LogP contribution in [0.2, 0.25) is 10.2 Å². The van der Waals surface area contributed by atoms with E-state index in [4.69, 9.17) is 23.2 Å². The standard InChI is InChI=1S/C22H24Cl2FN3O3S/c1-3-13(2)32(30,31)17-9-20(24)26-21(10-17)28-15-5-6-16(28)12-27(11-15)22(29)18-7-4-14(25)8-19(18)23/h4,7-10,13,15-16H,3,5-6,11-12H2,1-2H3. The second kappa shape index (κ2) is 8.80. The van der Waals surface area contributed by atoms with E-state index in [2.05, 4.69) is 9.88 Å². The van der Waals surface area contributed by atoms with Crippen LogP contribution in [-0.4, -0.2) is 54.6 Å². The fourth-order valence-electron chi connectivity index (χ4n) is 4.48. The number of sulfone groups is 1. The van der Waals surface area contributed by atoms with E-state index in [1.807, 2.05) is 6.92 Å². The monoisotopic (exact) mass is 499 g/mol. The van der Waals surface area contributed by atoms with Gasteiger partial charge in [0.25, 0.3) is 5.91 Å². The van der Waals surface area contributed by atoms with E-state index < -0.39 is 20.9 Å². The molecule has 3 unspecified atom stereocenters. The summed E-state index contributed by atoms with van der Waals surface area (Å²) in [7, 11) is -3.52. The van der Waals surface area contributed by atoms with Gasteiger partial charge in [-0.1, -0.05) is 30.1 Å². The third kappa shape index (κ3) is 4.20. The number of amides is 1. The third-order valence-corrected chi connectivity index (χ3v) is 9.17.